The lowest BCUT2D eigenvalue weighted by Crippen LogP contribution is -2.29. The van der Waals surface area contributed by atoms with E-state index < -0.39 is 5.60 Å². The smallest absolute Gasteiger partial charge is 0.145 e. The molecule has 1 fully saturated rings. The standard InChI is InChI=1S/C26H23N5O2/c1-15-23(16(2)33-31-15)18-11-21(24-22(12-18)29-25(30-24)17-7-8-17)26(32,19-5-3-9-27-13-19)20-6-4-10-28-14-20/h3-6,9-14,17,32H,7-8H2,1-2H3,(H,29,30). The fraction of sp³-hybridized carbons (Fsp3) is 0.231. The Labute approximate surface area is 190 Å². The molecule has 1 saturated carbocycles. The molecule has 4 aromatic heterocycles. The molecule has 0 atom stereocenters. The molecule has 1 aromatic carbocycles. The van der Waals surface area contributed by atoms with Gasteiger partial charge in [-0.2, -0.15) is 0 Å². The Morgan fingerprint density at radius 1 is 1.03 bits per heavy atom. The summed E-state index contributed by atoms with van der Waals surface area (Å²) in [4.78, 5) is 17.1. The number of H-pyrrole nitrogens is 1. The fourth-order valence-corrected chi connectivity index (χ4v) is 4.63. The van der Waals surface area contributed by atoms with Crippen molar-refractivity contribution in [3.8, 4) is 11.1 Å². The molecule has 1 aliphatic rings. The number of aryl methyl sites for hydroxylation is 2. The zero-order chi connectivity index (χ0) is 22.6. The first-order valence-electron chi connectivity index (χ1n) is 11.1. The number of imidazole rings is 1. The number of hydrogen-bond donors (Lipinski definition) is 2. The maximum Gasteiger partial charge on any atom is 0.145 e. The van der Waals surface area contributed by atoms with Gasteiger partial charge in [-0.25, -0.2) is 4.98 Å². The van der Waals surface area contributed by atoms with Crippen molar-refractivity contribution in [2.24, 2.45) is 0 Å². The molecular weight excluding hydrogens is 414 g/mol. The Bertz CT molecular complexity index is 1390. The highest BCUT2D eigenvalue weighted by Gasteiger charge is 2.38. The highest BCUT2D eigenvalue weighted by atomic mass is 16.5. The topological polar surface area (TPSA) is 101 Å². The predicted octanol–water partition coefficient (Wildman–Crippen LogP) is 4.79. The minimum atomic E-state index is -1.51. The predicted molar refractivity (Wildman–Crippen MR) is 124 cm³/mol. The first-order chi connectivity index (χ1) is 16.1. The minimum Gasteiger partial charge on any atom is -0.376 e. The maximum atomic E-state index is 12.5. The van der Waals surface area contributed by atoms with Crippen LogP contribution in [0, 0.1) is 13.8 Å². The number of aromatic nitrogens is 5. The summed E-state index contributed by atoms with van der Waals surface area (Å²) in [6, 6.07) is 11.5. The van der Waals surface area contributed by atoms with E-state index in [1.165, 1.54) is 0 Å². The zero-order valence-corrected chi connectivity index (χ0v) is 18.4. The second kappa shape index (κ2) is 7.35. The molecule has 5 aromatic rings. The van der Waals surface area contributed by atoms with Crippen molar-refractivity contribution in [2.45, 2.75) is 38.2 Å². The SMILES string of the molecule is Cc1noc(C)c1-c1cc(C(O)(c2cccnc2)c2cccnc2)c2nc(C3CC3)[nH]c2c1. The summed E-state index contributed by atoms with van der Waals surface area (Å²) in [5, 5.41) is 16.6. The van der Waals surface area contributed by atoms with Crippen molar-refractivity contribution in [2.75, 3.05) is 0 Å². The average Bonchev–Trinajstić information content (AvgIpc) is 3.53. The third-order valence-electron chi connectivity index (χ3n) is 6.44. The van der Waals surface area contributed by atoms with Crippen molar-refractivity contribution in [1.29, 1.82) is 0 Å². The number of fused-ring (bicyclic) bond motifs is 1. The van der Waals surface area contributed by atoms with Crippen LogP contribution < -0.4 is 0 Å². The summed E-state index contributed by atoms with van der Waals surface area (Å²) in [7, 11) is 0. The Hall–Kier alpha value is -3.84. The summed E-state index contributed by atoms with van der Waals surface area (Å²) in [6.45, 7) is 3.82. The van der Waals surface area contributed by atoms with Gasteiger partial charge in [-0.3, -0.25) is 9.97 Å². The van der Waals surface area contributed by atoms with Gasteiger partial charge in [0.05, 0.1) is 16.7 Å². The number of aromatic amines is 1. The lowest BCUT2D eigenvalue weighted by molar-refractivity contribution is 0.126. The highest BCUT2D eigenvalue weighted by molar-refractivity contribution is 5.88. The van der Waals surface area contributed by atoms with Crippen LogP contribution in [0.4, 0.5) is 0 Å². The Morgan fingerprint density at radius 3 is 2.27 bits per heavy atom. The molecule has 0 amide bonds. The van der Waals surface area contributed by atoms with Crippen LogP contribution >= 0.6 is 0 Å². The number of hydrogen-bond acceptors (Lipinski definition) is 6. The molecule has 0 aliphatic heterocycles. The van der Waals surface area contributed by atoms with Crippen LogP contribution in [-0.2, 0) is 5.60 Å². The first kappa shape index (κ1) is 19.8. The van der Waals surface area contributed by atoms with Gasteiger partial charge in [0.25, 0.3) is 0 Å². The molecule has 7 nitrogen and oxygen atoms in total. The number of benzene rings is 1. The molecule has 164 valence electrons. The molecule has 6 rings (SSSR count). The number of nitrogens with zero attached hydrogens (tertiary/aromatic N) is 4. The van der Waals surface area contributed by atoms with Crippen molar-refractivity contribution >= 4 is 11.0 Å². The van der Waals surface area contributed by atoms with Crippen LogP contribution in [0.3, 0.4) is 0 Å². The second-order valence-electron chi connectivity index (χ2n) is 8.71. The monoisotopic (exact) mass is 437 g/mol. The van der Waals surface area contributed by atoms with Crippen LogP contribution in [0.5, 0.6) is 0 Å². The Morgan fingerprint density at radius 2 is 1.73 bits per heavy atom. The summed E-state index contributed by atoms with van der Waals surface area (Å²) < 4.78 is 5.45. The largest absolute Gasteiger partial charge is 0.376 e. The van der Waals surface area contributed by atoms with Gasteiger partial charge in [0.2, 0.25) is 0 Å². The van der Waals surface area contributed by atoms with E-state index in [1.807, 2.05) is 44.2 Å². The van der Waals surface area contributed by atoms with E-state index in [2.05, 4.69) is 26.2 Å². The van der Waals surface area contributed by atoms with Crippen molar-refractivity contribution in [3.05, 3.63) is 95.2 Å². The van der Waals surface area contributed by atoms with Crippen LogP contribution in [0.15, 0.2) is 65.7 Å². The second-order valence-corrected chi connectivity index (χ2v) is 8.71. The van der Waals surface area contributed by atoms with Crippen molar-refractivity contribution < 1.29 is 9.63 Å². The quantitative estimate of drug-likeness (QED) is 0.410. The molecule has 0 bridgehead atoms. The van der Waals surface area contributed by atoms with Gasteiger partial charge in [-0.15, -0.1) is 0 Å². The van der Waals surface area contributed by atoms with Gasteiger partial charge in [-0.1, -0.05) is 17.3 Å². The number of nitrogens with one attached hydrogen (secondary N) is 1. The molecule has 1 aliphatic carbocycles. The Balaban J connectivity index is 1.70. The number of pyridine rings is 2. The summed E-state index contributed by atoms with van der Waals surface area (Å²) >= 11 is 0. The van der Waals surface area contributed by atoms with Gasteiger partial charge in [0, 0.05) is 53.0 Å². The summed E-state index contributed by atoms with van der Waals surface area (Å²) in [5.74, 6) is 2.13. The van der Waals surface area contributed by atoms with Gasteiger partial charge in [-0.05, 0) is 56.5 Å². The van der Waals surface area contributed by atoms with E-state index in [1.54, 1.807) is 24.8 Å². The molecule has 2 N–H and O–H groups in total. The molecule has 0 saturated heterocycles. The first-order valence-corrected chi connectivity index (χ1v) is 11.1. The van der Waals surface area contributed by atoms with Crippen molar-refractivity contribution in [3.63, 3.8) is 0 Å². The minimum absolute atomic E-state index is 0.442. The van der Waals surface area contributed by atoms with E-state index in [-0.39, 0.29) is 0 Å². The molecule has 0 spiro atoms. The van der Waals surface area contributed by atoms with Gasteiger partial charge in [0.1, 0.15) is 17.2 Å². The fourth-order valence-electron chi connectivity index (χ4n) is 4.63. The normalized spacial score (nSPS) is 14.2. The Kier molecular flexibility index (Phi) is 4.41. The van der Waals surface area contributed by atoms with E-state index in [9.17, 15) is 5.11 Å². The molecule has 33 heavy (non-hydrogen) atoms. The van der Waals surface area contributed by atoms with Crippen LogP contribution in [0.1, 0.15) is 52.7 Å². The average molecular weight is 438 g/mol. The van der Waals surface area contributed by atoms with Gasteiger partial charge in [0.15, 0.2) is 0 Å². The zero-order valence-electron chi connectivity index (χ0n) is 18.4. The van der Waals surface area contributed by atoms with Crippen LogP contribution in [-0.4, -0.2) is 30.2 Å². The number of rotatable bonds is 5. The molecule has 0 unspecified atom stereocenters. The third-order valence-corrected chi connectivity index (χ3v) is 6.44. The molecule has 4 heterocycles. The lowest BCUT2D eigenvalue weighted by Gasteiger charge is -2.30. The summed E-state index contributed by atoms with van der Waals surface area (Å²) in [6.07, 6.45) is 9.03. The van der Waals surface area contributed by atoms with Crippen LogP contribution in [0.2, 0.25) is 0 Å². The van der Waals surface area contributed by atoms with Gasteiger partial charge >= 0.3 is 0 Å². The third kappa shape index (κ3) is 3.15. The summed E-state index contributed by atoms with van der Waals surface area (Å²) in [5.41, 5.74) is 4.68. The van der Waals surface area contributed by atoms with E-state index >= 15 is 0 Å². The van der Waals surface area contributed by atoms with E-state index in [0.29, 0.717) is 22.6 Å². The number of aliphatic hydroxyl groups is 1. The molecule has 0 radical (unpaired) electrons. The maximum absolute atomic E-state index is 12.5. The van der Waals surface area contributed by atoms with Crippen LogP contribution in [0.25, 0.3) is 22.2 Å². The van der Waals surface area contributed by atoms with Crippen molar-refractivity contribution in [1.82, 2.24) is 25.1 Å². The molecule has 7 heteroatoms. The van der Waals surface area contributed by atoms with E-state index in [4.69, 9.17) is 9.51 Å². The lowest BCUT2D eigenvalue weighted by atomic mass is 9.80. The molecular formula is C26H23N5O2. The highest BCUT2D eigenvalue weighted by Crippen LogP contribution is 2.44. The van der Waals surface area contributed by atoms with Gasteiger partial charge < -0.3 is 14.6 Å². The van der Waals surface area contributed by atoms with E-state index in [0.717, 1.165) is 52.3 Å².